The molecule has 1 saturated heterocycles. The highest BCUT2D eigenvalue weighted by atomic mass is 19.4. The van der Waals surface area contributed by atoms with E-state index in [0.717, 1.165) is 30.3 Å². The topological polar surface area (TPSA) is 81.8 Å². The molecule has 11 heteroatoms. The van der Waals surface area contributed by atoms with Crippen LogP contribution in [0.2, 0.25) is 0 Å². The first-order valence-electron chi connectivity index (χ1n) is 12.5. The number of nitrogens with zero attached hydrogens (tertiary/aromatic N) is 5. The lowest BCUT2D eigenvalue weighted by molar-refractivity contribution is -0.655. The van der Waals surface area contributed by atoms with Crippen molar-refractivity contribution >= 4 is 27.6 Å². The highest BCUT2D eigenvalue weighted by Gasteiger charge is 2.36. The van der Waals surface area contributed by atoms with Crippen LogP contribution in [0.5, 0.6) is 5.88 Å². The van der Waals surface area contributed by atoms with Gasteiger partial charge in [-0.2, -0.15) is 13.2 Å². The summed E-state index contributed by atoms with van der Waals surface area (Å²) in [6.45, 7) is 2.51. The van der Waals surface area contributed by atoms with E-state index in [4.69, 9.17) is 4.74 Å². The van der Waals surface area contributed by atoms with Crippen molar-refractivity contribution in [2.45, 2.75) is 6.18 Å². The van der Waals surface area contributed by atoms with Gasteiger partial charge in [0.2, 0.25) is 5.88 Å². The number of fused-ring (bicyclic) bond motifs is 3. The maximum absolute atomic E-state index is 14.3. The van der Waals surface area contributed by atoms with Crippen molar-refractivity contribution < 1.29 is 23.2 Å². The van der Waals surface area contributed by atoms with Gasteiger partial charge >= 0.3 is 11.9 Å². The summed E-state index contributed by atoms with van der Waals surface area (Å²) in [5.41, 5.74) is 2.33. The lowest BCUT2D eigenvalue weighted by Crippen LogP contribution is -2.89. The molecule has 39 heavy (non-hydrogen) atoms. The van der Waals surface area contributed by atoms with Crippen LogP contribution in [0.1, 0.15) is 5.56 Å². The van der Waals surface area contributed by atoms with Crippen LogP contribution in [0.3, 0.4) is 0 Å². The van der Waals surface area contributed by atoms with Crippen LogP contribution in [0.4, 0.5) is 18.9 Å². The summed E-state index contributed by atoms with van der Waals surface area (Å²) < 4.78 is 50.8. The maximum Gasteiger partial charge on any atom is 0.418 e. The number of hydrogen-bond donors (Lipinski definition) is 1. The molecule has 1 aliphatic heterocycles. The molecular formula is C28H26F3N6O2+. The van der Waals surface area contributed by atoms with E-state index >= 15 is 0 Å². The molecule has 0 spiro atoms. The molecule has 4 heterocycles. The van der Waals surface area contributed by atoms with Crippen molar-refractivity contribution in [1.82, 2.24) is 19.1 Å². The van der Waals surface area contributed by atoms with Crippen molar-refractivity contribution in [3.63, 3.8) is 0 Å². The number of ether oxygens (including phenoxy) is 1. The number of alkyl halides is 3. The normalized spacial score (nSPS) is 14.3. The summed E-state index contributed by atoms with van der Waals surface area (Å²) in [6, 6.07) is 13.4. The summed E-state index contributed by atoms with van der Waals surface area (Å²) in [4.78, 5) is 24.0. The average molecular weight is 536 g/mol. The van der Waals surface area contributed by atoms with E-state index in [-0.39, 0.29) is 11.4 Å². The predicted octanol–water partition coefficient (Wildman–Crippen LogP) is 3.35. The number of nitrogens with two attached hydrogens (primary N) is 1. The first kappa shape index (κ1) is 24.9. The minimum Gasteiger partial charge on any atom is -0.481 e. The number of rotatable bonds is 4. The number of imidazole rings is 1. The Morgan fingerprint density at radius 2 is 1.72 bits per heavy atom. The molecule has 6 rings (SSSR count). The number of piperazine rings is 1. The summed E-state index contributed by atoms with van der Waals surface area (Å²) in [7, 11) is 3.13. The molecule has 0 aliphatic carbocycles. The van der Waals surface area contributed by atoms with Crippen LogP contribution in [-0.2, 0) is 13.2 Å². The minimum absolute atomic E-state index is 0.133. The standard InChI is InChI=1S/C28H25F3N6O2/c1-35-24-16-33-22-6-3-17(18-4-8-25(39-2)34-15-18)13-20(22)26(24)37(27(35)38)19-5-7-23(21(14-19)28(29,30)31)36-11-9-32-10-12-36/h3-8,13-16,32H,9-12H2,1-2H3/p+1. The van der Waals surface area contributed by atoms with E-state index in [1.54, 1.807) is 36.5 Å². The molecule has 0 saturated carbocycles. The largest absolute Gasteiger partial charge is 0.481 e. The van der Waals surface area contributed by atoms with Gasteiger partial charge in [0.05, 0.1) is 67.3 Å². The van der Waals surface area contributed by atoms with Gasteiger partial charge in [-0.1, -0.05) is 6.07 Å². The SMILES string of the molecule is COc1ccc(-c2ccc3ncc4c(c3c2)n(-c2ccc(N3CC[NH2+]CC3)c(C(F)(F)F)c2)c(=O)n4C)cn1. The maximum atomic E-state index is 14.3. The molecule has 5 aromatic rings. The van der Waals surface area contributed by atoms with Crippen molar-refractivity contribution in [3.05, 3.63) is 77.0 Å². The highest BCUT2D eigenvalue weighted by molar-refractivity contribution is 6.04. The summed E-state index contributed by atoms with van der Waals surface area (Å²) in [5.74, 6) is 0.479. The third kappa shape index (κ3) is 4.28. The van der Waals surface area contributed by atoms with Gasteiger partial charge in [-0.15, -0.1) is 0 Å². The quantitative estimate of drug-likeness (QED) is 0.382. The number of aryl methyl sites for hydroxylation is 1. The Bertz CT molecular complexity index is 1750. The fourth-order valence-corrected chi connectivity index (χ4v) is 5.25. The van der Waals surface area contributed by atoms with E-state index in [0.29, 0.717) is 40.9 Å². The molecule has 0 bridgehead atoms. The van der Waals surface area contributed by atoms with E-state index in [2.05, 4.69) is 15.3 Å². The van der Waals surface area contributed by atoms with Crippen LogP contribution in [0.25, 0.3) is 38.8 Å². The molecule has 3 aromatic heterocycles. The smallest absolute Gasteiger partial charge is 0.418 e. The van der Waals surface area contributed by atoms with E-state index < -0.39 is 17.4 Å². The summed E-state index contributed by atoms with van der Waals surface area (Å²) >= 11 is 0. The van der Waals surface area contributed by atoms with Gasteiger partial charge in [0, 0.05) is 35.9 Å². The monoisotopic (exact) mass is 535 g/mol. The second kappa shape index (κ2) is 9.42. The molecular weight excluding hydrogens is 509 g/mol. The molecule has 8 nitrogen and oxygen atoms in total. The van der Waals surface area contributed by atoms with Gasteiger partial charge in [0.25, 0.3) is 0 Å². The highest BCUT2D eigenvalue weighted by Crippen LogP contribution is 2.39. The molecule has 2 N–H and O–H groups in total. The fourth-order valence-electron chi connectivity index (χ4n) is 5.25. The molecule has 2 aromatic carbocycles. The Hall–Kier alpha value is -4.38. The van der Waals surface area contributed by atoms with Crippen LogP contribution in [0, 0.1) is 0 Å². The molecule has 200 valence electrons. The van der Waals surface area contributed by atoms with Crippen molar-refractivity contribution in [2.75, 3.05) is 38.2 Å². The molecule has 0 amide bonds. The zero-order valence-corrected chi connectivity index (χ0v) is 21.4. The second-order valence-electron chi connectivity index (χ2n) is 9.54. The average Bonchev–Trinajstić information content (AvgIpc) is 3.22. The molecule has 0 atom stereocenters. The predicted molar refractivity (Wildman–Crippen MR) is 142 cm³/mol. The third-order valence-electron chi connectivity index (χ3n) is 7.25. The number of halogens is 3. The first-order valence-corrected chi connectivity index (χ1v) is 12.5. The van der Waals surface area contributed by atoms with Crippen LogP contribution >= 0.6 is 0 Å². The Balaban J connectivity index is 1.58. The number of benzene rings is 2. The van der Waals surface area contributed by atoms with Crippen molar-refractivity contribution in [3.8, 4) is 22.7 Å². The molecule has 1 fully saturated rings. The summed E-state index contributed by atoms with van der Waals surface area (Å²) in [6.07, 6.45) is -1.33. The van der Waals surface area contributed by atoms with E-state index in [9.17, 15) is 18.0 Å². The van der Waals surface area contributed by atoms with E-state index in [1.807, 2.05) is 24.3 Å². The van der Waals surface area contributed by atoms with E-state index in [1.165, 1.54) is 22.3 Å². The van der Waals surface area contributed by atoms with Crippen LogP contribution in [0.15, 0.2) is 65.7 Å². The molecule has 0 radical (unpaired) electrons. The Labute approximate surface area is 221 Å². The zero-order chi connectivity index (χ0) is 27.3. The Morgan fingerprint density at radius 1 is 0.949 bits per heavy atom. The summed E-state index contributed by atoms with van der Waals surface area (Å²) in [5, 5.41) is 2.73. The number of methoxy groups -OCH3 is 1. The van der Waals surface area contributed by atoms with Gasteiger partial charge < -0.3 is 15.0 Å². The van der Waals surface area contributed by atoms with Gasteiger partial charge in [0.1, 0.15) is 0 Å². The molecule has 0 unspecified atom stereocenters. The zero-order valence-electron chi connectivity index (χ0n) is 21.4. The fraction of sp³-hybridized carbons (Fsp3) is 0.250. The van der Waals surface area contributed by atoms with Gasteiger partial charge in [-0.3, -0.25) is 14.1 Å². The lowest BCUT2D eigenvalue weighted by atomic mass is 10.0. The third-order valence-corrected chi connectivity index (χ3v) is 7.25. The Kier molecular flexibility index (Phi) is 6.02. The number of quaternary nitrogens is 1. The van der Waals surface area contributed by atoms with Crippen molar-refractivity contribution in [2.24, 2.45) is 7.05 Å². The first-order chi connectivity index (χ1) is 18.8. The number of aromatic nitrogens is 4. The number of hydrogen-bond acceptors (Lipinski definition) is 5. The number of pyridine rings is 2. The van der Waals surface area contributed by atoms with Gasteiger partial charge in [-0.25, -0.2) is 9.78 Å². The second-order valence-corrected chi connectivity index (χ2v) is 9.54. The van der Waals surface area contributed by atoms with Crippen LogP contribution < -0.4 is 20.6 Å². The molecule has 1 aliphatic rings. The minimum atomic E-state index is -4.58. The number of anilines is 1. The Morgan fingerprint density at radius 3 is 2.41 bits per heavy atom. The van der Waals surface area contributed by atoms with Crippen LogP contribution in [-0.4, -0.2) is 52.4 Å². The van der Waals surface area contributed by atoms with Gasteiger partial charge in [-0.05, 0) is 42.0 Å². The van der Waals surface area contributed by atoms with Gasteiger partial charge in [0.15, 0.2) is 0 Å². The lowest BCUT2D eigenvalue weighted by Gasteiger charge is -2.30. The van der Waals surface area contributed by atoms with Crippen molar-refractivity contribution in [1.29, 1.82) is 0 Å².